The molecular weight excluding hydrogens is 358 g/mol. The number of aryl methyl sites for hydroxylation is 1. The number of aliphatic imine (C=N–C) groups is 1. The Balaban J connectivity index is 0.00000324. The summed E-state index contributed by atoms with van der Waals surface area (Å²) in [5, 5.41) is 0. The largest absolute Gasteiger partial charge is 0.370 e. The topological polar surface area (TPSA) is 116 Å². The summed E-state index contributed by atoms with van der Waals surface area (Å²) in [6, 6.07) is 2.79. The predicted molar refractivity (Wildman–Crippen MR) is 79.4 cm³/mol. The van der Waals surface area contributed by atoms with Crippen molar-refractivity contribution < 1.29 is 13.2 Å². The lowest BCUT2D eigenvalue weighted by atomic mass is 10.1. The number of halogens is 2. The van der Waals surface area contributed by atoms with Crippen molar-refractivity contribution in [3.05, 3.63) is 27.7 Å². The van der Waals surface area contributed by atoms with Gasteiger partial charge in [0.25, 0.3) is 5.91 Å². The molecule has 1 aromatic carbocycles. The van der Waals surface area contributed by atoms with E-state index >= 15 is 0 Å². The summed E-state index contributed by atoms with van der Waals surface area (Å²) >= 11 is 3.17. The Morgan fingerprint density at radius 3 is 2.26 bits per heavy atom. The van der Waals surface area contributed by atoms with E-state index in [0.717, 1.165) is 6.26 Å². The van der Waals surface area contributed by atoms with Gasteiger partial charge >= 0.3 is 0 Å². The minimum absolute atomic E-state index is 0. The van der Waals surface area contributed by atoms with Gasteiger partial charge < -0.3 is 11.5 Å². The molecule has 0 unspecified atom stereocenters. The Hall–Kier alpha value is -1.12. The number of carbonyl (C=O) groups excluding carboxylic acids is 1. The van der Waals surface area contributed by atoms with Crippen LogP contribution < -0.4 is 11.5 Å². The number of benzene rings is 1. The summed E-state index contributed by atoms with van der Waals surface area (Å²) in [6.07, 6.45) is 1.07. The van der Waals surface area contributed by atoms with Gasteiger partial charge in [0.05, 0.1) is 10.5 Å². The van der Waals surface area contributed by atoms with Crippen molar-refractivity contribution in [3.63, 3.8) is 0 Å². The summed E-state index contributed by atoms with van der Waals surface area (Å²) in [5.41, 5.74) is 10.8. The molecule has 0 aliphatic rings. The Bertz CT molecular complexity index is 640. The first kappa shape index (κ1) is 17.9. The second kappa shape index (κ2) is 6.36. The van der Waals surface area contributed by atoms with Gasteiger partial charge in [-0.1, -0.05) is 0 Å². The first-order valence-electron chi connectivity index (χ1n) is 4.77. The van der Waals surface area contributed by atoms with Crippen LogP contribution in [0.25, 0.3) is 0 Å². The lowest BCUT2D eigenvalue weighted by molar-refractivity contribution is 0.100. The van der Waals surface area contributed by atoms with Gasteiger partial charge in [-0.05, 0) is 40.5 Å². The smallest absolute Gasteiger partial charge is 0.281 e. The average Bonchev–Trinajstić information content (AvgIpc) is 2.13. The SMILES string of the molecule is Cc1cc(Br)c(C(=O)N=C(N)N)cc1S(C)(=O)=O.Cl. The number of nitrogens with zero attached hydrogens (tertiary/aromatic N) is 1. The number of hydrogen-bond acceptors (Lipinski definition) is 3. The summed E-state index contributed by atoms with van der Waals surface area (Å²) in [4.78, 5) is 15.1. The lowest BCUT2D eigenvalue weighted by Gasteiger charge is -2.07. The molecule has 0 spiro atoms. The van der Waals surface area contributed by atoms with Crippen LogP contribution in [0.2, 0.25) is 0 Å². The molecule has 0 aliphatic carbocycles. The maximum Gasteiger partial charge on any atom is 0.281 e. The summed E-state index contributed by atoms with van der Waals surface area (Å²) in [6.45, 7) is 1.63. The molecule has 1 amide bonds. The first-order chi connectivity index (χ1) is 8.12. The van der Waals surface area contributed by atoms with Crippen molar-refractivity contribution in [2.24, 2.45) is 16.5 Å². The van der Waals surface area contributed by atoms with Crippen LogP contribution in [0, 0.1) is 6.92 Å². The van der Waals surface area contributed by atoms with Crippen molar-refractivity contribution >= 4 is 50.0 Å². The monoisotopic (exact) mass is 369 g/mol. The third kappa shape index (κ3) is 4.48. The van der Waals surface area contributed by atoms with Gasteiger partial charge in [0.15, 0.2) is 15.8 Å². The van der Waals surface area contributed by atoms with E-state index in [9.17, 15) is 13.2 Å². The minimum Gasteiger partial charge on any atom is -0.370 e. The van der Waals surface area contributed by atoms with Crippen LogP contribution >= 0.6 is 28.3 Å². The molecule has 0 atom stereocenters. The highest BCUT2D eigenvalue weighted by Crippen LogP contribution is 2.25. The highest BCUT2D eigenvalue weighted by atomic mass is 79.9. The van der Waals surface area contributed by atoms with Gasteiger partial charge in [0.2, 0.25) is 0 Å². The van der Waals surface area contributed by atoms with Crippen molar-refractivity contribution in [3.8, 4) is 0 Å². The van der Waals surface area contributed by atoms with Gasteiger partial charge in [-0.3, -0.25) is 4.79 Å². The molecule has 0 saturated carbocycles. The van der Waals surface area contributed by atoms with Gasteiger partial charge in [-0.2, -0.15) is 4.99 Å². The third-order valence-electron chi connectivity index (χ3n) is 2.13. The standard InChI is InChI=1S/C10H12BrN3O3S.ClH/c1-5-3-7(11)6(9(15)14-10(12)13)4-8(5)18(2,16)17;/h3-4H,1-2H3,(H4,12,13,14,15);1H. The summed E-state index contributed by atoms with van der Waals surface area (Å²) < 4.78 is 23.5. The molecule has 0 heterocycles. The van der Waals surface area contributed by atoms with Gasteiger partial charge in [0.1, 0.15) is 0 Å². The maximum atomic E-state index is 11.7. The van der Waals surface area contributed by atoms with E-state index in [4.69, 9.17) is 11.5 Å². The molecule has 0 fully saturated rings. The molecule has 0 bridgehead atoms. The molecule has 0 aliphatic heterocycles. The zero-order valence-corrected chi connectivity index (χ0v) is 13.4. The molecule has 1 rings (SSSR count). The molecule has 0 aromatic heterocycles. The van der Waals surface area contributed by atoms with Gasteiger partial charge in [0, 0.05) is 10.7 Å². The van der Waals surface area contributed by atoms with Crippen LogP contribution in [-0.4, -0.2) is 26.5 Å². The second-order valence-corrected chi connectivity index (χ2v) is 6.55. The molecule has 9 heteroatoms. The lowest BCUT2D eigenvalue weighted by Crippen LogP contribution is -2.24. The molecule has 0 radical (unpaired) electrons. The summed E-state index contributed by atoms with van der Waals surface area (Å²) in [5.74, 6) is -1.08. The Morgan fingerprint density at radius 1 is 1.32 bits per heavy atom. The number of sulfone groups is 1. The van der Waals surface area contributed by atoms with Crippen LogP contribution in [0.1, 0.15) is 15.9 Å². The number of nitrogens with two attached hydrogens (primary N) is 2. The first-order valence-corrected chi connectivity index (χ1v) is 7.45. The van der Waals surface area contributed by atoms with E-state index < -0.39 is 15.7 Å². The number of hydrogen-bond donors (Lipinski definition) is 2. The second-order valence-electron chi connectivity index (χ2n) is 3.71. The fourth-order valence-electron chi connectivity index (χ4n) is 1.39. The predicted octanol–water partition coefficient (Wildman–Crippen LogP) is 0.996. The number of amides is 1. The number of rotatable bonds is 2. The zero-order chi connectivity index (χ0) is 14.1. The Labute approximate surface area is 125 Å². The fourth-order valence-corrected chi connectivity index (χ4v) is 3.00. The highest BCUT2D eigenvalue weighted by Gasteiger charge is 2.17. The van der Waals surface area contributed by atoms with Crippen molar-refractivity contribution in [2.75, 3.05) is 6.26 Å². The van der Waals surface area contributed by atoms with E-state index in [1.54, 1.807) is 6.92 Å². The highest BCUT2D eigenvalue weighted by molar-refractivity contribution is 9.10. The molecule has 106 valence electrons. The van der Waals surface area contributed by atoms with Crippen molar-refractivity contribution in [1.29, 1.82) is 0 Å². The normalized spacial score (nSPS) is 10.5. The Morgan fingerprint density at radius 2 is 1.84 bits per heavy atom. The third-order valence-corrected chi connectivity index (χ3v) is 4.02. The van der Waals surface area contributed by atoms with E-state index in [2.05, 4.69) is 20.9 Å². The molecular formula is C10H13BrClN3O3S. The zero-order valence-electron chi connectivity index (χ0n) is 10.2. The molecule has 1 aromatic rings. The van der Waals surface area contributed by atoms with E-state index in [-0.39, 0.29) is 28.8 Å². The number of guanidine groups is 1. The van der Waals surface area contributed by atoms with Crippen LogP contribution in [-0.2, 0) is 9.84 Å². The maximum absolute atomic E-state index is 11.7. The molecule has 4 N–H and O–H groups in total. The Kier molecular flexibility index (Phi) is 5.98. The fraction of sp³-hybridized carbons (Fsp3) is 0.200. The summed E-state index contributed by atoms with van der Waals surface area (Å²) in [7, 11) is -3.42. The average molecular weight is 371 g/mol. The quantitative estimate of drug-likeness (QED) is 0.595. The van der Waals surface area contributed by atoms with Crippen LogP contribution in [0.15, 0.2) is 26.5 Å². The van der Waals surface area contributed by atoms with Crippen LogP contribution in [0.3, 0.4) is 0 Å². The minimum atomic E-state index is -3.42. The van der Waals surface area contributed by atoms with Crippen molar-refractivity contribution in [1.82, 2.24) is 0 Å². The van der Waals surface area contributed by atoms with Gasteiger partial charge in [-0.25, -0.2) is 8.42 Å². The van der Waals surface area contributed by atoms with E-state index in [0.29, 0.717) is 10.0 Å². The number of carbonyl (C=O) groups is 1. The molecule has 0 saturated heterocycles. The van der Waals surface area contributed by atoms with Crippen LogP contribution in [0.5, 0.6) is 0 Å². The molecule has 6 nitrogen and oxygen atoms in total. The van der Waals surface area contributed by atoms with Crippen molar-refractivity contribution in [2.45, 2.75) is 11.8 Å². The van der Waals surface area contributed by atoms with E-state index in [1.165, 1.54) is 12.1 Å². The van der Waals surface area contributed by atoms with Gasteiger partial charge in [-0.15, -0.1) is 12.4 Å². The van der Waals surface area contributed by atoms with Crippen LogP contribution in [0.4, 0.5) is 0 Å². The molecule has 19 heavy (non-hydrogen) atoms. The van der Waals surface area contributed by atoms with E-state index in [1.807, 2.05) is 0 Å².